The van der Waals surface area contributed by atoms with Gasteiger partial charge in [-0.1, -0.05) is 6.07 Å². The molecule has 1 fully saturated rings. The predicted molar refractivity (Wildman–Crippen MR) is 129 cm³/mol. The first-order valence-electron chi connectivity index (χ1n) is 11.6. The molecule has 1 saturated heterocycles. The van der Waals surface area contributed by atoms with Gasteiger partial charge in [0.1, 0.15) is 5.82 Å². The quantitative estimate of drug-likeness (QED) is 0.491. The van der Waals surface area contributed by atoms with Gasteiger partial charge in [-0.05, 0) is 72.3 Å². The molecule has 0 bridgehead atoms. The molecule has 3 heterocycles. The lowest BCUT2D eigenvalue weighted by Gasteiger charge is -2.49. The van der Waals surface area contributed by atoms with Gasteiger partial charge in [-0.2, -0.15) is 13.2 Å². The Bertz CT molecular complexity index is 1180. The Morgan fingerprint density at radius 1 is 1.09 bits per heavy atom. The zero-order valence-corrected chi connectivity index (χ0v) is 19.7. The van der Waals surface area contributed by atoms with E-state index < -0.39 is 17.7 Å². The van der Waals surface area contributed by atoms with Gasteiger partial charge in [0.2, 0.25) is 5.91 Å². The van der Waals surface area contributed by atoms with Gasteiger partial charge in [0.15, 0.2) is 0 Å². The number of benzene rings is 2. The summed E-state index contributed by atoms with van der Waals surface area (Å²) in [6.45, 7) is 2.17. The van der Waals surface area contributed by atoms with Crippen molar-refractivity contribution in [3.05, 3.63) is 81.8 Å². The number of carbonyl (C=O) groups is 1. The number of amides is 1. The van der Waals surface area contributed by atoms with Gasteiger partial charge in [-0.25, -0.2) is 4.39 Å². The molecule has 0 radical (unpaired) electrons. The molecule has 5 rings (SSSR count). The van der Waals surface area contributed by atoms with Crippen LogP contribution in [0.25, 0.3) is 0 Å². The van der Waals surface area contributed by atoms with E-state index in [4.69, 9.17) is 0 Å². The first kappa shape index (κ1) is 23.7. The molecule has 35 heavy (non-hydrogen) atoms. The van der Waals surface area contributed by atoms with E-state index in [0.717, 1.165) is 22.3 Å². The second kappa shape index (κ2) is 9.53. The zero-order chi connectivity index (χ0) is 24.6. The number of rotatable bonds is 5. The van der Waals surface area contributed by atoms with Crippen LogP contribution < -0.4 is 15.1 Å². The second-order valence-electron chi connectivity index (χ2n) is 8.96. The number of nitrogens with zero attached hydrogens (tertiary/aromatic N) is 2. The minimum Gasteiger partial charge on any atom is -0.368 e. The summed E-state index contributed by atoms with van der Waals surface area (Å²) in [5.41, 5.74) is 1.46. The number of thiophene rings is 1. The van der Waals surface area contributed by atoms with Crippen LogP contribution in [0.3, 0.4) is 0 Å². The number of anilines is 2. The van der Waals surface area contributed by atoms with E-state index in [2.05, 4.69) is 15.1 Å². The number of halogens is 4. The first-order valence-corrected chi connectivity index (χ1v) is 12.4. The van der Waals surface area contributed by atoms with Gasteiger partial charge < -0.3 is 15.1 Å². The SMILES string of the molecule is O=C(NCCc1cccs1)C1Cc2cc(C(F)(F)F)ccc2N2CCN(c3ccc(F)cc3)CC12. The topological polar surface area (TPSA) is 35.6 Å². The third-order valence-corrected chi connectivity index (χ3v) is 7.75. The summed E-state index contributed by atoms with van der Waals surface area (Å²) in [6.07, 6.45) is -3.49. The normalized spacial score (nSPS) is 19.8. The fourth-order valence-electron chi connectivity index (χ4n) is 5.08. The van der Waals surface area contributed by atoms with Crippen molar-refractivity contribution in [3.8, 4) is 0 Å². The molecule has 0 aliphatic carbocycles. The van der Waals surface area contributed by atoms with E-state index in [1.54, 1.807) is 23.5 Å². The molecule has 3 aromatic rings. The van der Waals surface area contributed by atoms with Gasteiger partial charge in [-0.15, -0.1) is 11.3 Å². The van der Waals surface area contributed by atoms with Crippen LogP contribution in [0.2, 0.25) is 0 Å². The molecule has 2 aliphatic heterocycles. The van der Waals surface area contributed by atoms with Gasteiger partial charge >= 0.3 is 6.18 Å². The number of fused-ring (bicyclic) bond motifs is 3. The molecular formula is C26H25F4N3OS. The summed E-state index contributed by atoms with van der Waals surface area (Å²) < 4.78 is 53.6. The highest BCUT2D eigenvalue weighted by Crippen LogP contribution is 2.40. The maximum absolute atomic E-state index is 13.4. The smallest absolute Gasteiger partial charge is 0.368 e. The molecule has 2 unspecified atom stereocenters. The molecule has 184 valence electrons. The van der Waals surface area contributed by atoms with E-state index in [-0.39, 0.29) is 24.2 Å². The molecule has 9 heteroatoms. The van der Waals surface area contributed by atoms with Crippen LogP contribution in [0.4, 0.5) is 28.9 Å². The van der Waals surface area contributed by atoms with Crippen LogP contribution in [-0.4, -0.2) is 38.1 Å². The van der Waals surface area contributed by atoms with E-state index in [9.17, 15) is 22.4 Å². The van der Waals surface area contributed by atoms with E-state index in [1.165, 1.54) is 24.3 Å². The van der Waals surface area contributed by atoms with Crippen molar-refractivity contribution in [1.29, 1.82) is 0 Å². The van der Waals surface area contributed by atoms with Gasteiger partial charge in [-0.3, -0.25) is 4.79 Å². The lowest BCUT2D eigenvalue weighted by atomic mass is 9.82. The molecule has 0 spiro atoms. The zero-order valence-electron chi connectivity index (χ0n) is 18.9. The Hall–Kier alpha value is -3.07. The second-order valence-corrected chi connectivity index (χ2v) is 9.99. The number of nitrogens with one attached hydrogen (secondary N) is 1. The largest absolute Gasteiger partial charge is 0.416 e. The maximum atomic E-state index is 13.4. The average Bonchev–Trinajstić information content (AvgIpc) is 3.36. The third-order valence-electron chi connectivity index (χ3n) is 6.82. The molecule has 0 saturated carbocycles. The summed E-state index contributed by atoms with van der Waals surface area (Å²) in [5.74, 6) is -0.972. The molecule has 1 N–H and O–H groups in total. The number of alkyl halides is 3. The van der Waals surface area contributed by atoms with E-state index in [1.807, 2.05) is 17.5 Å². The first-order chi connectivity index (χ1) is 16.8. The van der Waals surface area contributed by atoms with E-state index >= 15 is 0 Å². The summed E-state index contributed by atoms with van der Waals surface area (Å²) in [6, 6.07) is 13.8. The Balaban J connectivity index is 1.41. The highest BCUT2D eigenvalue weighted by molar-refractivity contribution is 7.09. The van der Waals surface area contributed by atoms with Crippen molar-refractivity contribution >= 4 is 28.6 Å². The lowest BCUT2D eigenvalue weighted by Crippen LogP contribution is -2.61. The van der Waals surface area contributed by atoms with Crippen LogP contribution in [-0.2, 0) is 23.8 Å². The van der Waals surface area contributed by atoms with Crippen molar-refractivity contribution in [2.45, 2.75) is 25.1 Å². The van der Waals surface area contributed by atoms with Crippen molar-refractivity contribution < 1.29 is 22.4 Å². The molecule has 1 amide bonds. The average molecular weight is 504 g/mol. The molecule has 4 nitrogen and oxygen atoms in total. The number of carbonyl (C=O) groups excluding carboxylic acids is 1. The minimum absolute atomic E-state index is 0.152. The van der Waals surface area contributed by atoms with Gasteiger partial charge in [0.05, 0.1) is 17.5 Å². The van der Waals surface area contributed by atoms with Gasteiger partial charge in [0.25, 0.3) is 0 Å². The number of piperazine rings is 1. The molecular weight excluding hydrogens is 478 g/mol. The van der Waals surface area contributed by atoms with Crippen molar-refractivity contribution in [2.75, 3.05) is 36.0 Å². The lowest BCUT2D eigenvalue weighted by molar-refractivity contribution is -0.137. The standard InChI is InChI=1S/C26H25F4N3OS/c27-19-4-6-20(7-5-19)32-11-12-33-23-8-3-18(26(28,29)30)14-17(23)15-22(24(33)16-32)25(34)31-10-9-21-2-1-13-35-21/h1-8,13-14,22,24H,9-12,15-16H2,(H,31,34). The van der Waals surface area contributed by atoms with Crippen molar-refractivity contribution in [2.24, 2.45) is 5.92 Å². The third kappa shape index (κ3) is 5.00. The number of hydrogen-bond donors (Lipinski definition) is 1. The van der Waals surface area contributed by atoms with Crippen LogP contribution in [0.15, 0.2) is 60.0 Å². The highest BCUT2D eigenvalue weighted by Gasteiger charge is 2.42. The summed E-state index contributed by atoms with van der Waals surface area (Å²) in [5, 5.41) is 5.00. The van der Waals surface area contributed by atoms with Crippen LogP contribution in [0.5, 0.6) is 0 Å². The predicted octanol–water partition coefficient (Wildman–Crippen LogP) is 5.13. The van der Waals surface area contributed by atoms with Crippen LogP contribution >= 0.6 is 11.3 Å². The van der Waals surface area contributed by atoms with Gasteiger partial charge in [0, 0.05) is 42.4 Å². The van der Waals surface area contributed by atoms with Crippen molar-refractivity contribution in [3.63, 3.8) is 0 Å². The number of hydrogen-bond acceptors (Lipinski definition) is 4. The van der Waals surface area contributed by atoms with Crippen LogP contribution in [0, 0.1) is 11.7 Å². The summed E-state index contributed by atoms with van der Waals surface area (Å²) >= 11 is 1.62. The van der Waals surface area contributed by atoms with Crippen molar-refractivity contribution in [1.82, 2.24) is 5.32 Å². The molecule has 2 atom stereocenters. The fraction of sp³-hybridized carbons (Fsp3) is 0.346. The molecule has 2 aliphatic rings. The molecule has 1 aromatic heterocycles. The van der Waals surface area contributed by atoms with Crippen LogP contribution in [0.1, 0.15) is 16.0 Å². The summed E-state index contributed by atoms with van der Waals surface area (Å²) in [4.78, 5) is 18.7. The highest BCUT2D eigenvalue weighted by atomic mass is 32.1. The van der Waals surface area contributed by atoms with E-state index in [0.29, 0.717) is 38.2 Å². The monoisotopic (exact) mass is 503 g/mol. The Labute approximate surface area is 205 Å². The Morgan fingerprint density at radius 3 is 2.60 bits per heavy atom. The fourth-order valence-corrected chi connectivity index (χ4v) is 5.79. The Kier molecular flexibility index (Phi) is 6.44. The maximum Gasteiger partial charge on any atom is 0.416 e. The Morgan fingerprint density at radius 2 is 1.89 bits per heavy atom. The molecule has 2 aromatic carbocycles. The summed E-state index contributed by atoms with van der Waals surface area (Å²) in [7, 11) is 0. The minimum atomic E-state index is -4.44.